The molecule has 1 saturated heterocycles. The van der Waals surface area contributed by atoms with E-state index < -0.39 is 20.0 Å². The number of hydrogen-bond donors (Lipinski definition) is 2. The number of benzene rings is 3. The molecule has 12 nitrogen and oxygen atoms in total. The van der Waals surface area contributed by atoms with Crippen LogP contribution in [0.5, 0.6) is 11.5 Å². The van der Waals surface area contributed by atoms with Crippen LogP contribution >= 0.6 is 0 Å². The first-order chi connectivity index (χ1) is 22.9. The molecule has 4 N–H and O–H groups in total. The number of aryl methyl sites for hydroxylation is 2. The van der Waals surface area contributed by atoms with E-state index in [1.54, 1.807) is 60.7 Å². The van der Waals surface area contributed by atoms with Crippen molar-refractivity contribution in [3.05, 3.63) is 71.8 Å². The molecule has 0 spiro atoms. The molecular formula is C34H48N6O6S2. The monoisotopic (exact) mass is 700 g/mol. The smallest absolute Gasteiger partial charge is 0.243 e. The summed E-state index contributed by atoms with van der Waals surface area (Å²) < 4.78 is 70.2. The van der Waals surface area contributed by atoms with Gasteiger partial charge in [0.2, 0.25) is 20.0 Å². The fraction of sp³-hybridized carbons (Fsp3) is 0.471. The number of nitrogens with two attached hydrogens (primary N) is 2. The van der Waals surface area contributed by atoms with Crippen molar-refractivity contribution in [2.75, 3.05) is 90.1 Å². The lowest BCUT2D eigenvalue weighted by Crippen LogP contribution is -2.48. The summed E-state index contributed by atoms with van der Waals surface area (Å²) in [6.45, 7) is 9.84. The van der Waals surface area contributed by atoms with Gasteiger partial charge >= 0.3 is 0 Å². The third-order valence-corrected chi connectivity index (χ3v) is 12.7. The minimum Gasteiger partial charge on any atom is -0.488 e. The van der Waals surface area contributed by atoms with E-state index in [9.17, 15) is 16.8 Å². The minimum atomic E-state index is -3.78. The molecule has 48 heavy (non-hydrogen) atoms. The summed E-state index contributed by atoms with van der Waals surface area (Å²) >= 11 is 0. The molecule has 0 atom stereocenters. The summed E-state index contributed by atoms with van der Waals surface area (Å²) in [5, 5.41) is 0. The lowest BCUT2D eigenvalue weighted by molar-refractivity contribution is 0.126. The highest BCUT2D eigenvalue weighted by molar-refractivity contribution is 7.89. The van der Waals surface area contributed by atoms with Gasteiger partial charge in [-0.15, -0.1) is 0 Å². The molecule has 3 heterocycles. The highest BCUT2D eigenvalue weighted by Crippen LogP contribution is 2.34. The zero-order chi connectivity index (χ0) is 34.3. The molecule has 6 rings (SSSR count). The van der Waals surface area contributed by atoms with Crippen molar-refractivity contribution < 1.29 is 26.3 Å². The number of nitrogen functional groups attached to an aromatic ring is 2. The standard InChI is InChI=1S/C34H48N6O6S2/c1-27-5-9-29(10-6-27)47(41,42)39-15-3-13-37-17-19-38(20-18-37)14-4-16-40(48(43,44)30-11-7-28(2)8-12-30)22-24-46-34-26-32(36)31(35)25-33(34)45-23-21-39/h5-12,25-26H,3-4,13-24,35-36H2,1-2H3. The molecule has 1 fully saturated rings. The van der Waals surface area contributed by atoms with Gasteiger partial charge in [-0.05, 0) is 64.0 Å². The molecule has 0 saturated carbocycles. The molecule has 262 valence electrons. The Balaban J connectivity index is 1.39. The van der Waals surface area contributed by atoms with Crippen LogP contribution < -0.4 is 20.9 Å². The van der Waals surface area contributed by atoms with E-state index in [4.69, 9.17) is 20.9 Å². The van der Waals surface area contributed by atoms with Gasteiger partial charge in [-0.2, -0.15) is 8.61 Å². The van der Waals surface area contributed by atoms with Crippen molar-refractivity contribution in [3.63, 3.8) is 0 Å². The van der Waals surface area contributed by atoms with Crippen molar-refractivity contribution in [3.8, 4) is 11.5 Å². The topological polar surface area (TPSA) is 152 Å². The van der Waals surface area contributed by atoms with E-state index in [0.29, 0.717) is 48.8 Å². The van der Waals surface area contributed by atoms with Gasteiger partial charge in [-0.25, -0.2) is 16.8 Å². The van der Waals surface area contributed by atoms with E-state index in [2.05, 4.69) is 9.80 Å². The molecule has 0 aliphatic carbocycles. The largest absolute Gasteiger partial charge is 0.488 e. The van der Waals surface area contributed by atoms with E-state index in [0.717, 1.165) is 50.4 Å². The van der Waals surface area contributed by atoms with Crippen LogP contribution in [0.3, 0.4) is 0 Å². The summed E-state index contributed by atoms with van der Waals surface area (Å²) in [7, 11) is -7.56. The van der Waals surface area contributed by atoms with Gasteiger partial charge in [0.15, 0.2) is 11.5 Å². The van der Waals surface area contributed by atoms with Gasteiger partial charge in [0, 0.05) is 64.5 Å². The Morgan fingerprint density at radius 3 is 1.23 bits per heavy atom. The van der Waals surface area contributed by atoms with Crippen LogP contribution in [0.15, 0.2) is 70.5 Å². The van der Waals surface area contributed by atoms with Crippen LogP contribution in [-0.2, 0) is 20.0 Å². The zero-order valence-corrected chi connectivity index (χ0v) is 29.5. The quantitative estimate of drug-likeness (QED) is 0.389. The van der Waals surface area contributed by atoms with Crippen LogP contribution in [-0.4, -0.2) is 114 Å². The zero-order valence-electron chi connectivity index (χ0n) is 27.9. The Morgan fingerprint density at radius 2 is 0.875 bits per heavy atom. The number of anilines is 2. The van der Waals surface area contributed by atoms with Crippen molar-refractivity contribution in [1.29, 1.82) is 0 Å². The average molecular weight is 701 g/mol. The molecule has 0 amide bonds. The Hall–Kier alpha value is -3.40. The number of ether oxygens (including phenoxy) is 2. The molecule has 0 unspecified atom stereocenters. The fourth-order valence-electron chi connectivity index (χ4n) is 5.93. The molecular weight excluding hydrogens is 653 g/mol. The third-order valence-electron chi connectivity index (χ3n) is 8.89. The maximum atomic E-state index is 13.8. The SMILES string of the molecule is Cc1ccc(S(=O)(=O)N2CCCN3CCN(CCCN(S(=O)(=O)c4ccc(C)cc4)CCOc4cc(N)c(N)cc4OCC2)CC3)cc1. The second kappa shape index (κ2) is 15.9. The molecule has 3 aromatic rings. The van der Waals surface area contributed by atoms with Crippen LogP contribution in [0.2, 0.25) is 0 Å². The predicted octanol–water partition coefficient (Wildman–Crippen LogP) is 3.02. The Labute approximate surface area is 285 Å². The third kappa shape index (κ3) is 8.98. The molecule has 3 aliphatic heterocycles. The van der Waals surface area contributed by atoms with Crippen molar-refractivity contribution in [1.82, 2.24) is 18.4 Å². The first kappa shape index (κ1) is 35.9. The normalized spacial score (nSPS) is 21.5. The van der Waals surface area contributed by atoms with Crippen LogP contribution in [0.1, 0.15) is 24.0 Å². The number of rotatable bonds is 4. The summed E-state index contributed by atoms with van der Waals surface area (Å²) in [6, 6.07) is 16.8. The summed E-state index contributed by atoms with van der Waals surface area (Å²) in [5.41, 5.74) is 14.8. The number of sulfonamides is 2. The average Bonchev–Trinajstić information content (AvgIpc) is 3.05. The van der Waals surface area contributed by atoms with Crippen molar-refractivity contribution in [2.24, 2.45) is 0 Å². The molecule has 0 radical (unpaired) electrons. The number of hydrogen-bond acceptors (Lipinski definition) is 10. The van der Waals surface area contributed by atoms with Crippen molar-refractivity contribution >= 4 is 31.4 Å². The predicted molar refractivity (Wildman–Crippen MR) is 188 cm³/mol. The second-order valence-electron chi connectivity index (χ2n) is 12.4. The fourth-order valence-corrected chi connectivity index (χ4v) is 8.86. The molecule has 3 aromatic carbocycles. The second-order valence-corrected chi connectivity index (χ2v) is 16.3. The van der Waals surface area contributed by atoms with Gasteiger partial charge in [0.25, 0.3) is 0 Å². The molecule has 0 aromatic heterocycles. The Morgan fingerprint density at radius 1 is 0.521 bits per heavy atom. The first-order valence-corrected chi connectivity index (χ1v) is 19.3. The van der Waals surface area contributed by atoms with E-state index in [-0.39, 0.29) is 36.1 Å². The van der Waals surface area contributed by atoms with Gasteiger partial charge in [-0.3, -0.25) is 0 Å². The van der Waals surface area contributed by atoms with Crippen LogP contribution in [0, 0.1) is 13.8 Å². The van der Waals surface area contributed by atoms with E-state index in [1.165, 1.54) is 8.61 Å². The van der Waals surface area contributed by atoms with Gasteiger partial charge in [0.05, 0.1) is 21.2 Å². The Bertz CT molecular complexity index is 1600. The van der Waals surface area contributed by atoms with Crippen LogP contribution in [0.25, 0.3) is 0 Å². The molecule has 3 aliphatic rings. The maximum absolute atomic E-state index is 13.8. The highest BCUT2D eigenvalue weighted by atomic mass is 32.2. The van der Waals surface area contributed by atoms with Gasteiger partial charge < -0.3 is 30.7 Å². The van der Waals surface area contributed by atoms with E-state index >= 15 is 0 Å². The maximum Gasteiger partial charge on any atom is 0.243 e. The Kier molecular flexibility index (Phi) is 11.9. The highest BCUT2D eigenvalue weighted by Gasteiger charge is 2.27. The summed E-state index contributed by atoms with van der Waals surface area (Å²) in [6.07, 6.45) is 1.33. The van der Waals surface area contributed by atoms with Gasteiger partial charge in [-0.1, -0.05) is 35.4 Å². The lowest BCUT2D eigenvalue weighted by atomic mass is 10.2. The molecule has 2 bridgehead atoms. The molecule has 14 heteroatoms. The van der Waals surface area contributed by atoms with Crippen LogP contribution in [0.4, 0.5) is 11.4 Å². The summed E-state index contributed by atoms with van der Waals surface area (Å²) in [5.74, 6) is 0.598. The van der Waals surface area contributed by atoms with Gasteiger partial charge in [0.1, 0.15) is 13.2 Å². The number of fused-ring (bicyclic) bond motifs is 14. The first-order valence-electron chi connectivity index (χ1n) is 16.5. The van der Waals surface area contributed by atoms with E-state index in [1.807, 2.05) is 13.8 Å². The minimum absolute atomic E-state index is 0.0391. The number of piperazine rings is 1. The summed E-state index contributed by atoms with van der Waals surface area (Å²) in [4.78, 5) is 5.19. The number of nitrogens with zero attached hydrogens (tertiary/aromatic N) is 4. The van der Waals surface area contributed by atoms with Crippen molar-refractivity contribution in [2.45, 2.75) is 36.5 Å². The lowest BCUT2D eigenvalue weighted by Gasteiger charge is -2.35.